The molecule has 0 amide bonds. The molecule has 1 fully saturated rings. The molecule has 1 aromatic rings. The number of likely N-dealkylation sites (tertiary alicyclic amines) is 1. The van der Waals surface area contributed by atoms with E-state index in [1.165, 1.54) is 18.7 Å². The van der Waals surface area contributed by atoms with Gasteiger partial charge in [-0.05, 0) is 25.5 Å². The molecule has 2 rings (SSSR count). The Morgan fingerprint density at radius 1 is 1.33 bits per heavy atom. The smallest absolute Gasteiger partial charge is 0.0234 e. The van der Waals surface area contributed by atoms with Crippen molar-refractivity contribution in [2.75, 3.05) is 20.1 Å². The molecule has 1 N–H and O–H groups in total. The van der Waals surface area contributed by atoms with E-state index in [0.717, 1.165) is 12.5 Å². The van der Waals surface area contributed by atoms with Crippen LogP contribution in [-0.2, 0) is 6.54 Å². The van der Waals surface area contributed by atoms with Gasteiger partial charge in [-0.3, -0.25) is 4.90 Å². The third-order valence-electron chi connectivity index (χ3n) is 3.40. The number of benzene rings is 1. The zero-order valence-corrected chi connectivity index (χ0v) is 9.61. The molecule has 82 valence electrons. The number of nitrogens with one attached hydrogen (secondary N) is 1. The molecule has 2 heteroatoms. The molecule has 0 bridgehead atoms. The minimum absolute atomic E-state index is 0.650. The van der Waals surface area contributed by atoms with E-state index in [4.69, 9.17) is 0 Å². The van der Waals surface area contributed by atoms with Crippen molar-refractivity contribution in [3.8, 4) is 0 Å². The van der Waals surface area contributed by atoms with Crippen LogP contribution in [0.4, 0.5) is 0 Å². The lowest BCUT2D eigenvalue weighted by molar-refractivity contribution is 0.0709. The van der Waals surface area contributed by atoms with Crippen LogP contribution in [0.5, 0.6) is 0 Å². The SMILES string of the molecule is CNC(C)C1CN(Cc2ccccc2)C1. The second kappa shape index (κ2) is 4.77. The largest absolute Gasteiger partial charge is 0.317 e. The van der Waals surface area contributed by atoms with E-state index in [-0.39, 0.29) is 0 Å². The Bertz CT molecular complexity index is 291. The van der Waals surface area contributed by atoms with Crippen molar-refractivity contribution in [3.63, 3.8) is 0 Å². The van der Waals surface area contributed by atoms with Crippen LogP contribution in [-0.4, -0.2) is 31.1 Å². The van der Waals surface area contributed by atoms with E-state index in [9.17, 15) is 0 Å². The summed E-state index contributed by atoms with van der Waals surface area (Å²) in [7, 11) is 2.05. The fourth-order valence-electron chi connectivity index (χ4n) is 2.13. The third kappa shape index (κ3) is 2.58. The van der Waals surface area contributed by atoms with Crippen LogP contribution in [0.25, 0.3) is 0 Å². The van der Waals surface area contributed by atoms with Crippen LogP contribution in [0.2, 0.25) is 0 Å². The highest BCUT2D eigenvalue weighted by Gasteiger charge is 2.29. The van der Waals surface area contributed by atoms with Gasteiger partial charge >= 0.3 is 0 Å². The second-order valence-electron chi connectivity index (χ2n) is 4.52. The van der Waals surface area contributed by atoms with Crippen molar-refractivity contribution in [2.24, 2.45) is 5.92 Å². The topological polar surface area (TPSA) is 15.3 Å². The zero-order chi connectivity index (χ0) is 10.7. The van der Waals surface area contributed by atoms with E-state index in [0.29, 0.717) is 6.04 Å². The summed E-state index contributed by atoms with van der Waals surface area (Å²) in [5.41, 5.74) is 1.42. The van der Waals surface area contributed by atoms with E-state index in [1.807, 2.05) is 7.05 Å². The first-order chi connectivity index (χ1) is 7.29. The van der Waals surface area contributed by atoms with Crippen molar-refractivity contribution in [3.05, 3.63) is 35.9 Å². The molecule has 1 unspecified atom stereocenters. The molecule has 0 radical (unpaired) electrons. The van der Waals surface area contributed by atoms with E-state index >= 15 is 0 Å². The van der Waals surface area contributed by atoms with Gasteiger partial charge in [0.05, 0.1) is 0 Å². The minimum atomic E-state index is 0.650. The van der Waals surface area contributed by atoms with Crippen LogP contribution in [0.15, 0.2) is 30.3 Å². The van der Waals surface area contributed by atoms with Gasteiger partial charge in [0.25, 0.3) is 0 Å². The highest BCUT2D eigenvalue weighted by Crippen LogP contribution is 2.21. The summed E-state index contributed by atoms with van der Waals surface area (Å²) in [6.07, 6.45) is 0. The lowest BCUT2D eigenvalue weighted by Crippen LogP contribution is -2.53. The van der Waals surface area contributed by atoms with Gasteiger partial charge in [-0.2, -0.15) is 0 Å². The van der Waals surface area contributed by atoms with Crippen LogP contribution >= 0.6 is 0 Å². The molecular weight excluding hydrogens is 184 g/mol. The lowest BCUT2D eigenvalue weighted by Gasteiger charge is -2.42. The molecule has 0 aliphatic carbocycles. The Morgan fingerprint density at radius 3 is 2.60 bits per heavy atom. The van der Waals surface area contributed by atoms with Crippen molar-refractivity contribution < 1.29 is 0 Å². The summed E-state index contributed by atoms with van der Waals surface area (Å²) in [5, 5.41) is 3.32. The third-order valence-corrected chi connectivity index (χ3v) is 3.40. The monoisotopic (exact) mass is 204 g/mol. The Balaban J connectivity index is 1.77. The predicted octanol–water partition coefficient (Wildman–Crippen LogP) is 1.73. The zero-order valence-electron chi connectivity index (χ0n) is 9.61. The second-order valence-corrected chi connectivity index (χ2v) is 4.52. The fourth-order valence-corrected chi connectivity index (χ4v) is 2.13. The summed E-state index contributed by atoms with van der Waals surface area (Å²) in [6, 6.07) is 11.4. The molecular formula is C13H20N2. The van der Waals surface area contributed by atoms with Crippen LogP contribution in [0.3, 0.4) is 0 Å². The summed E-state index contributed by atoms with van der Waals surface area (Å²) >= 11 is 0. The summed E-state index contributed by atoms with van der Waals surface area (Å²) in [6.45, 7) is 5.84. The van der Waals surface area contributed by atoms with Crippen LogP contribution < -0.4 is 5.32 Å². The molecule has 15 heavy (non-hydrogen) atoms. The van der Waals surface area contributed by atoms with Crippen molar-refractivity contribution in [2.45, 2.75) is 19.5 Å². The first-order valence-corrected chi connectivity index (χ1v) is 5.73. The van der Waals surface area contributed by atoms with Crippen molar-refractivity contribution >= 4 is 0 Å². The van der Waals surface area contributed by atoms with Gasteiger partial charge in [-0.15, -0.1) is 0 Å². The maximum absolute atomic E-state index is 3.32. The van der Waals surface area contributed by atoms with Gasteiger partial charge in [0, 0.05) is 25.7 Å². The molecule has 0 spiro atoms. The average Bonchev–Trinajstić information content (AvgIpc) is 2.23. The standard InChI is InChI=1S/C13H20N2/c1-11(14-2)13-9-15(10-13)8-12-6-4-3-5-7-12/h3-7,11,13-14H,8-10H2,1-2H3. The normalized spacial score (nSPS) is 19.9. The molecule has 0 saturated carbocycles. The van der Waals surface area contributed by atoms with Gasteiger partial charge in [-0.25, -0.2) is 0 Å². The van der Waals surface area contributed by atoms with Gasteiger partial charge in [0.15, 0.2) is 0 Å². The fraction of sp³-hybridized carbons (Fsp3) is 0.538. The van der Waals surface area contributed by atoms with E-state index < -0.39 is 0 Å². The van der Waals surface area contributed by atoms with Gasteiger partial charge in [0.2, 0.25) is 0 Å². The van der Waals surface area contributed by atoms with Crippen molar-refractivity contribution in [1.29, 1.82) is 0 Å². The molecule has 1 heterocycles. The maximum Gasteiger partial charge on any atom is 0.0234 e. The maximum atomic E-state index is 3.32. The summed E-state index contributed by atoms with van der Waals surface area (Å²) in [5.74, 6) is 0.832. The molecule has 1 aliphatic heterocycles. The minimum Gasteiger partial charge on any atom is -0.317 e. The molecule has 1 aromatic carbocycles. The highest BCUT2D eigenvalue weighted by atomic mass is 15.2. The number of nitrogens with zero attached hydrogens (tertiary/aromatic N) is 1. The number of hydrogen-bond donors (Lipinski definition) is 1. The van der Waals surface area contributed by atoms with E-state index in [1.54, 1.807) is 0 Å². The Morgan fingerprint density at radius 2 is 2.00 bits per heavy atom. The van der Waals surface area contributed by atoms with Gasteiger partial charge in [-0.1, -0.05) is 30.3 Å². The van der Waals surface area contributed by atoms with Crippen LogP contribution in [0.1, 0.15) is 12.5 Å². The summed E-state index contributed by atoms with van der Waals surface area (Å²) < 4.78 is 0. The molecule has 1 atom stereocenters. The Hall–Kier alpha value is -0.860. The van der Waals surface area contributed by atoms with Gasteiger partial charge in [0.1, 0.15) is 0 Å². The van der Waals surface area contributed by atoms with Crippen molar-refractivity contribution in [1.82, 2.24) is 10.2 Å². The molecule has 1 aliphatic rings. The van der Waals surface area contributed by atoms with Gasteiger partial charge < -0.3 is 5.32 Å². The average molecular weight is 204 g/mol. The Labute approximate surface area is 92.3 Å². The first kappa shape index (κ1) is 10.7. The first-order valence-electron chi connectivity index (χ1n) is 5.73. The number of rotatable bonds is 4. The number of hydrogen-bond acceptors (Lipinski definition) is 2. The Kier molecular flexibility index (Phi) is 3.39. The highest BCUT2D eigenvalue weighted by molar-refractivity contribution is 5.14. The molecule has 0 aromatic heterocycles. The lowest BCUT2D eigenvalue weighted by atomic mass is 9.92. The molecule has 2 nitrogen and oxygen atoms in total. The molecule has 1 saturated heterocycles. The van der Waals surface area contributed by atoms with E-state index in [2.05, 4.69) is 47.5 Å². The predicted molar refractivity (Wildman–Crippen MR) is 63.7 cm³/mol. The van der Waals surface area contributed by atoms with Crippen LogP contribution in [0, 0.1) is 5.92 Å². The quantitative estimate of drug-likeness (QED) is 0.803. The summed E-state index contributed by atoms with van der Waals surface area (Å²) in [4.78, 5) is 2.51.